The summed E-state index contributed by atoms with van der Waals surface area (Å²) in [4.78, 5) is 144. The van der Waals surface area contributed by atoms with Crippen molar-refractivity contribution < 1.29 is 82.1 Å². The number of aliphatic hydroxyl groups is 1. The number of alkyl carbamates (subject to hydrolysis) is 1. The molecule has 0 fully saturated rings. The van der Waals surface area contributed by atoms with E-state index >= 15 is 0 Å². The van der Waals surface area contributed by atoms with Crippen LogP contribution in [0.4, 0.5) is 4.79 Å². The Balaban J connectivity index is 0.000000160. The lowest BCUT2D eigenvalue weighted by molar-refractivity contribution is 0.0525. The van der Waals surface area contributed by atoms with Gasteiger partial charge in [0, 0.05) is 105 Å². The first-order valence-corrected chi connectivity index (χ1v) is 42.3. The molecule has 15 aromatic rings. The molecule has 0 aliphatic carbocycles. The Kier molecular flexibility index (Phi) is 32.8. The summed E-state index contributed by atoms with van der Waals surface area (Å²) in [6.07, 6.45) is 6.52. The molecule has 5 amide bonds. The van der Waals surface area contributed by atoms with E-state index in [1.165, 1.54) is 105 Å². The van der Waals surface area contributed by atoms with Crippen molar-refractivity contribution in [2.75, 3.05) is 41.0 Å². The second-order valence-electron chi connectivity index (χ2n) is 30.0. The SMILES string of the molecule is CC(C)(C)OC(=O)NCCCn1ccc2ccc(C(=O)NO)cc2c1=O.CN(C)S(=O)(=O)c1cccc(-c2cccc(Cn3cnc4ccc(C(=O)CO)cc4c3=O)c2)c1.COc1ccccc1OCc1nc2cc(C(=O)NO)ccc2c(=O)[nH]1.O=C(NO)c1ccc2ccn(-c3ccc(Cl)cc3)c(=O)c2c1.O=C(NO)c1ccc2ccn(CCOc3ccc(Cl)cc3)c(=O)c2c1. The molecule has 0 saturated carbocycles. The fraction of sp³-hybridized carbons (Fsp3) is 0.160. The number of rotatable bonds is 24. The van der Waals surface area contributed by atoms with Crippen molar-refractivity contribution in [1.29, 1.82) is 0 Å². The lowest BCUT2D eigenvalue weighted by Gasteiger charge is -2.19. The van der Waals surface area contributed by atoms with Gasteiger partial charge in [0.2, 0.25) is 10.0 Å². The number of benzene rings is 10. The van der Waals surface area contributed by atoms with E-state index in [0.717, 1.165) is 16.7 Å². The van der Waals surface area contributed by atoms with Crippen molar-refractivity contribution in [2.45, 2.75) is 63.9 Å². The summed E-state index contributed by atoms with van der Waals surface area (Å²) >= 11 is 11.7. The second-order valence-corrected chi connectivity index (χ2v) is 33.1. The normalized spacial score (nSPS) is 11.0. The van der Waals surface area contributed by atoms with Crippen LogP contribution in [0.1, 0.15) is 90.4 Å². The van der Waals surface area contributed by atoms with Gasteiger partial charge >= 0.3 is 6.09 Å². The maximum absolute atomic E-state index is 13.0. The number of ketones is 1. The van der Waals surface area contributed by atoms with E-state index in [1.54, 1.807) is 201 Å². The van der Waals surface area contributed by atoms with Crippen LogP contribution in [-0.4, -0.2) is 154 Å². The Morgan fingerprint density at radius 3 is 1.58 bits per heavy atom. The van der Waals surface area contributed by atoms with E-state index in [1.807, 2.05) is 36.4 Å². The van der Waals surface area contributed by atoms with Gasteiger partial charge in [0.15, 0.2) is 17.3 Å². The fourth-order valence-electron chi connectivity index (χ4n) is 13.1. The molecule has 132 heavy (non-hydrogen) atoms. The van der Waals surface area contributed by atoms with Gasteiger partial charge < -0.3 is 43.5 Å². The van der Waals surface area contributed by atoms with Gasteiger partial charge in [-0.2, -0.15) is 0 Å². The fourth-order valence-corrected chi connectivity index (χ4v) is 14.3. The van der Waals surface area contributed by atoms with Crippen molar-refractivity contribution in [2.24, 2.45) is 0 Å². The number of methoxy groups -OCH3 is 1. The Hall–Kier alpha value is -15.4. The number of carbonyl (C=O) groups is 6. The quantitative estimate of drug-likeness (QED) is 0.0116. The number of para-hydroxylation sites is 2. The number of amides is 5. The third kappa shape index (κ3) is 24.9. The van der Waals surface area contributed by atoms with E-state index in [9.17, 15) is 61.2 Å². The molecule has 5 aromatic heterocycles. The third-order valence-electron chi connectivity index (χ3n) is 19.8. The monoisotopic (exact) mass is 1850 g/mol. The molecule has 0 aliphatic heterocycles. The number of nitrogens with one attached hydrogen (secondary N) is 6. The maximum Gasteiger partial charge on any atom is 0.407 e. The van der Waals surface area contributed by atoms with E-state index in [-0.39, 0.29) is 73.7 Å². The summed E-state index contributed by atoms with van der Waals surface area (Å²) < 4.78 is 53.7. The molecule has 35 nitrogen and oxygen atoms in total. The van der Waals surface area contributed by atoms with Gasteiger partial charge in [0.1, 0.15) is 37.0 Å². The van der Waals surface area contributed by atoms with E-state index < -0.39 is 57.7 Å². The number of carbonyl (C=O) groups excluding carboxylic acids is 6. The molecule has 0 radical (unpaired) electrons. The number of aliphatic hydroxyl groups excluding tert-OH is 1. The molecule has 5 heterocycles. The number of aryl methyl sites for hydroxylation is 1. The average Bonchev–Trinajstić information content (AvgIpc) is 0.613. The summed E-state index contributed by atoms with van der Waals surface area (Å²) in [5.74, 6) is -1.12. The first kappa shape index (κ1) is 97.2. The Morgan fingerprint density at radius 2 is 1.02 bits per heavy atom. The molecule has 0 atom stereocenters. The lowest BCUT2D eigenvalue weighted by Crippen LogP contribution is -2.33. The number of aromatic amines is 1. The summed E-state index contributed by atoms with van der Waals surface area (Å²) in [5.41, 5.74) is 9.15. The number of aromatic nitrogens is 7. The first-order valence-electron chi connectivity index (χ1n) is 40.1. The largest absolute Gasteiger partial charge is 0.493 e. The number of sulfonamides is 1. The van der Waals surface area contributed by atoms with Gasteiger partial charge in [-0.25, -0.2) is 49.4 Å². The van der Waals surface area contributed by atoms with Crippen LogP contribution in [0.25, 0.3) is 70.9 Å². The number of Topliss-reactive ketones (excluding diaryl/α,β-unsaturated/α-hetero) is 1. The van der Waals surface area contributed by atoms with Gasteiger partial charge in [0.25, 0.3) is 51.4 Å². The molecular formula is C94H87Cl2N13O22S. The van der Waals surface area contributed by atoms with Crippen LogP contribution in [0.15, 0.2) is 284 Å². The predicted molar refractivity (Wildman–Crippen MR) is 493 cm³/mol. The number of hydrogen-bond acceptors (Lipinski definition) is 24. The van der Waals surface area contributed by atoms with Crippen molar-refractivity contribution in [3.8, 4) is 34.1 Å². The van der Waals surface area contributed by atoms with E-state index in [4.69, 9.17) is 68.1 Å². The van der Waals surface area contributed by atoms with Gasteiger partial charge in [-0.1, -0.05) is 83.9 Å². The highest BCUT2D eigenvalue weighted by molar-refractivity contribution is 7.89. The molecule has 10 aromatic carbocycles. The van der Waals surface area contributed by atoms with Gasteiger partial charge in [-0.3, -0.25) is 77.9 Å². The summed E-state index contributed by atoms with van der Waals surface area (Å²) in [5, 5.41) is 51.7. The first-order chi connectivity index (χ1) is 63.2. The van der Waals surface area contributed by atoms with Crippen LogP contribution >= 0.6 is 23.2 Å². The van der Waals surface area contributed by atoms with Crippen molar-refractivity contribution in [3.63, 3.8) is 0 Å². The average molecular weight is 1850 g/mol. The predicted octanol–water partition coefficient (Wildman–Crippen LogP) is 11.8. The Morgan fingerprint density at radius 1 is 0.508 bits per heavy atom. The highest BCUT2D eigenvalue weighted by Crippen LogP contribution is 2.29. The van der Waals surface area contributed by atoms with Crippen LogP contribution in [0, 0.1) is 0 Å². The molecule has 0 spiro atoms. The zero-order valence-corrected chi connectivity index (χ0v) is 73.7. The van der Waals surface area contributed by atoms with Crippen LogP contribution in [0.3, 0.4) is 0 Å². The number of hydroxylamine groups is 4. The zero-order valence-electron chi connectivity index (χ0n) is 71.4. The second kappa shape index (κ2) is 44.6. The molecule has 0 unspecified atom stereocenters. The molecule has 0 aliphatic rings. The highest BCUT2D eigenvalue weighted by Gasteiger charge is 2.21. The third-order valence-corrected chi connectivity index (χ3v) is 22.1. The van der Waals surface area contributed by atoms with E-state index in [2.05, 4.69) is 20.3 Å². The standard InChI is InChI=1S/C25H23N3O5S.C18H15ClN2O4.C18H23N3O5.C17H15N3O5.C16H11ClN2O3/c1-27(2)34(32,33)21-8-4-7-19(12-21)18-6-3-5-17(11-18)14-28-16-26-23-10-9-20(24(30)15-29)13-22(23)25(28)31;19-14-3-5-15(6-4-14)25-10-9-21-8-7-12-1-2-13(17(22)20-24)11-16(12)18(21)23;1-18(2,3)26-17(24)19-8-4-9-21-10-7-12-5-6-13(15(22)20-25)11-14(12)16(21)23;1-24-13-4-2-3-5-14(13)25-9-15-18-12-8-10(16(21)20-23)6-7-11(12)17(22)19-15;17-12-3-5-13(6-4-12)19-8-7-10-1-2-11(15(20)18-22)9-14(10)16(19)21/h3-13,16,29H,14-15H2,1-2H3;1-8,11,24H,9-10H2,(H,20,22);5-7,10-11,25H,4,8-9H2,1-3H3,(H,19,24)(H,20,22);2-8,23H,9H2,1H3,(H,20,21)(H,18,19,22);1-9,22H,(H,18,20). The number of ether oxygens (including phenoxy) is 4. The van der Waals surface area contributed by atoms with Crippen molar-refractivity contribution in [1.82, 2.24) is 64.8 Å². The Bertz CT molecular complexity index is 7270. The number of nitrogens with zero attached hydrogens (tertiary/aromatic N) is 7. The van der Waals surface area contributed by atoms with Crippen molar-refractivity contribution in [3.05, 3.63) is 356 Å². The minimum Gasteiger partial charge on any atom is -0.493 e. The minimum absolute atomic E-state index is 0.0159. The van der Waals surface area contributed by atoms with E-state index in [0.29, 0.717) is 126 Å². The maximum atomic E-state index is 13.0. The van der Waals surface area contributed by atoms with Crippen molar-refractivity contribution >= 4 is 123 Å². The minimum atomic E-state index is -3.56. The van der Waals surface area contributed by atoms with Crippen LogP contribution in [-0.2, 0) is 41.0 Å². The molecular weight excluding hydrogens is 1770 g/mol. The molecule has 680 valence electrons. The molecule has 38 heteroatoms. The summed E-state index contributed by atoms with van der Waals surface area (Å²) in [6, 6.07) is 63.3. The summed E-state index contributed by atoms with van der Waals surface area (Å²) in [6.45, 7) is 6.41. The molecule has 15 rings (SSSR count). The number of pyridine rings is 3. The van der Waals surface area contributed by atoms with Gasteiger partial charge in [-0.15, -0.1) is 0 Å². The number of H-pyrrole nitrogens is 1. The number of fused-ring (bicyclic) bond motifs is 5. The molecule has 0 bridgehead atoms. The number of halogens is 2. The lowest BCUT2D eigenvalue weighted by atomic mass is 10.0. The smallest absolute Gasteiger partial charge is 0.407 e. The Labute approximate surface area is 760 Å². The molecule has 11 N–H and O–H groups in total. The number of hydrogen-bond donors (Lipinski definition) is 11. The van der Waals surface area contributed by atoms with Crippen LogP contribution < -0.4 is 69.2 Å². The topological polar surface area (TPSA) is 485 Å². The van der Waals surface area contributed by atoms with Crippen LogP contribution in [0.2, 0.25) is 10.0 Å². The van der Waals surface area contributed by atoms with Crippen LogP contribution in [0.5, 0.6) is 17.2 Å². The highest BCUT2D eigenvalue weighted by atomic mass is 35.5. The van der Waals surface area contributed by atoms with Gasteiger partial charge in [-0.05, 0) is 230 Å². The van der Waals surface area contributed by atoms with Gasteiger partial charge in [0.05, 0.1) is 53.2 Å². The zero-order chi connectivity index (χ0) is 95.1. The molecule has 0 saturated heterocycles. The summed E-state index contributed by atoms with van der Waals surface area (Å²) in [7, 11) is 0.943.